The van der Waals surface area contributed by atoms with Crippen LogP contribution in [-0.4, -0.2) is 28.0 Å². The molecule has 0 aliphatic rings. The predicted octanol–water partition coefficient (Wildman–Crippen LogP) is 2.26. The monoisotopic (exact) mass is 359 g/mol. The molecule has 3 aromatic rings. The standard InChI is InChI=1S/C17H21N5O2S/c1-12-6-7-15(22-9-5-8-18-22)10-17(12)25(23,24)20-13(2)16-11-19-21(4)14(16)3/h5-11,13,20H,1-4H3. The van der Waals surface area contributed by atoms with Crippen molar-refractivity contribution in [2.45, 2.75) is 31.7 Å². The summed E-state index contributed by atoms with van der Waals surface area (Å²) in [6, 6.07) is 6.67. The molecule has 0 saturated heterocycles. The van der Waals surface area contributed by atoms with Crippen LogP contribution >= 0.6 is 0 Å². The van der Waals surface area contributed by atoms with Crippen molar-refractivity contribution in [2.75, 3.05) is 0 Å². The number of benzene rings is 1. The van der Waals surface area contributed by atoms with E-state index in [4.69, 9.17) is 0 Å². The van der Waals surface area contributed by atoms with E-state index in [1.54, 1.807) is 53.1 Å². The number of sulfonamides is 1. The minimum absolute atomic E-state index is 0.244. The Hall–Kier alpha value is -2.45. The lowest BCUT2D eigenvalue weighted by Crippen LogP contribution is -2.28. The van der Waals surface area contributed by atoms with Gasteiger partial charge in [-0.25, -0.2) is 17.8 Å². The van der Waals surface area contributed by atoms with Crippen molar-refractivity contribution >= 4 is 10.0 Å². The zero-order chi connectivity index (χ0) is 18.2. The second kappa shape index (κ2) is 6.45. The molecule has 1 N–H and O–H groups in total. The van der Waals surface area contributed by atoms with Gasteiger partial charge in [0.05, 0.1) is 16.8 Å². The fraction of sp³-hybridized carbons (Fsp3) is 0.294. The minimum atomic E-state index is -3.69. The van der Waals surface area contributed by atoms with E-state index in [0.717, 1.165) is 11.3 Å². The SMILES string of the molecule is Cc1ccc(-n2cccn2)cc1S(=O)(=O)NC(C)c1cnn(C)c1C. The molecule has 0 saturated carbocycles. The van der Waals surface area contributed by atoms with Gasteiger partial charge < -0.3 is 0 Å². The van der Waals surface area contributed by atoms with E-state index in [1.165, 1.54) is 0 Å². The van der Waals surface area contributed by atoms with Gasteiger partial charge in [0.2, 0.25) is 10.0 Å². The molecular formula is C17H21N5O2S. The second-order valence-electron chi connectivity index (χ2n) is 6.05. The molecule has 3 rings (SSSR count). The normalized spacial score (nSPS) is 13.1. The Kier molecular flexibility index (Phi) is 4.49. The molecule has 1 atom stereocenters. The molecule has 0 amide bonds. The van der Waals surface area contributed by atoms with Crippen molar-refractivity contribution in [2.24, 2.45) is 7.05 Å². The van der Waals surface area contributed by atoms with E-state index >= 15 is 0 Å². The third-order valence-corrected chi connectivity index (χ3v) is 5.98. The molecule has 0 aliphatic heterocycles. The smallest absolute Gasteiger partial charge is 0.241 e. The summed E-state index contributed by atoms with van der Waals surface area (Å²) in [5, 5.41) is 8.33. The number of nitrogens with one attached hydrogen (secondary N) is 1. The summed E-state index contributed by atoms with van der Waals surface area (Å²) in [6.07, 6.45) is 5.12. The fourth-order valence-corrected chi connectivity index (χ4v) is 4.23. The molecule has 2 aromatic heterocycles. The highest BCUT2D eigenvalue weighted by atomic mass is 32.2. The summed E-state index contributed by atoms with van der Waals surface area (Å²) in [5.41, 5.74) is 3.16. The van der Waals surface area contributed by atoms with Crippen LogP contribution in [0.3, 0.4) is 0 Å². The Morgan fingerprint density at radius 3 is 2.56 bits per heavy atom. The molecule has 1 unspecified atom stereocenters. The Bertz CT molecular complexity index is 990. The van der Waals surface area contributed by atoms with Gasteiger partial charge in [0, 0.05) is 36.7 Å². The van der Waals surface area contributed by atoms with Crippen LogP contribution in [0.1, 0.15) is 29.8 Å². The molecular weight excluding hydrogens is 338 g/mol. The van der Waals surface area contributed by atoms with E-state index in [0.29, 0.717) is 11.3 Å². The highest BCUT2D eigenvalue weighted by Crippen LogP contribution is 2.23. The lowest BCUT2D eigenvalue weighted by atomic mass is 10.1. The van der Waals surface area contributed by atoms with Gasteiger partial charge in [-0.2, -0.15) is 10.2 Å². The molecule has 7 nitrogen and oxygen atoms in total. The molecule has 0 spiro atoms. The number of hydrogen-bond acceptors (Lipinski definition) is 4. The van der Waals surface area contributed by atoms with Gasteiger partial charge in [-0.05, 0) is 44.5 Å². The maximum Gasteiger partial charge on any atom is 0.241 e. The van der Waals surface area contributed by atoms with Crippen LogP contribution in [0.15, 0.2) is 47.8 Å². The summed E-state index contributed by atoms with van der Waals surface area (Å²) in [6.45, 7) is 5.51. The fourth-order valence-electron chi connectivity index (χ4n) is 2.74. The van der Waals surface area contributed by atoms with E-state index < -0.39 is 10.0 Å². The van der Waals surface area contributed by atoms with E-state index in [-0.39, 0.29) is 10.9 Å². The van der Waals surface area contributed by atoms with Gasteiger partial charge in [-0.3, -0.25) is 4.68 Å². The average Bonchev–Trinajstić information content (AvgIpc) is 3.18. The van der Waals surface area contributed by atoms with Crippen molar-refractivity contribution < 1.29 is 8.42 Å². The Labute approximate surface area is 147 Å². The molecule has 0 bridgehead atoms. The highest BCUT2D eigenvalue weighted by molar-refractivity contribution is 7.89. The second-order valence-corrected chi connectivity index (χ2v) is 7.73. The quantitative estimate of drug-likeness (QED) is 0.758. The van der Waals surface area contributed by atoms with Gasteiger partial charge in [0.15, 0.2) is 0 Å². The van der Waals surface area contributed by atoms with E-state index in [9.17, 15) is 8.42 Å². The minimum Gasteiger partial charge on any atom is -0.273 e. The van der Waals surface area contributed by atoms with Crippen LogP contribution in [0.4, 0.5) is 0 Å². The van der Waals surface area contributed by atoms with Crippen molar-refractivity contribution in [3.05, 3.63) is 59.7 Å². The lowest BCUT2D eigenvalue weighted by molar-refractivity contribution is 0.565. The van der Waals surface area contributed by atoms with Crippen molar-refractivity contribution in [1.82, 2.24) is 24.3 Å². The number of aromatic nitrogens is 4. The van der Waals surface area contributed by atoms with Gasteiger partial charge >= 0.3 is 0 Å². The van der Waals surface area contributed by atoms with Crippen LogP contribution < -0.4 is 4.72 Å². The Balaban J connectivity index is 1.94. The first kappa shape index (κ1) is 17.4. The number of hydrogen-bond donors (Lipinski definition) is 1. The van der Waals surface area contributed by atoms with E-state index in [2.05, 4.69) is 14.9 Å². The van der Waals surface area contributed by atoms with Gasteiger partial charge in [-0.15, -0.1) is 0 Å². The maximum absolute atomic E-state index is 12.9. The zero-order valence-electron chi connectivity index (χ0n) is 14.6. The summed E-state index contributed by atoms with van der Waals surface area (Å²) in [4.78, 5) is 0.244. The van der Waals surface area contributed by atoms with Crippen molar-refractivity contribution in [3.63, 3.8) is 0 Å². The average molecular weight is 359 g/mol. The largest absolute Gasteiger partial charge is 0.273 e. The molecule has 25 heavy (non-hydrogen) atoms. The maximum atomic E-state index is 12.9. The molecule has 0 fully saturated rings. The van der Waals surface area contributed by atoms with Crippen LogP contribution in [0.2, 0.25) is 0 Å². The summed E-state index contributed by atoms with van der Waals surface area (Å²) >= 11 is 0. The lowest BCUT2D eigenvalue weighted by Gasteiger charge is -2.16. The number of rotatable bonds is 5. The first-order valence-corrected chi connectivity index (χ1v) is 9.39. The summed E-state index contributed by atoms with van der Waals surface area (Å²) in [5.74, 6) is 0. The van der Waals surface area contributed by atoms with E-state index in [1.807, 2.05) is 27.0 Å². The molecule has 132 valence electrons. The topological polar surface area (TPSA) is 81.8 Å². The molecule has 2 heterocycles. The molecule has 0 aliphatic carbocycles. The van der Waals surface area contributed by atoms with Crippen LogP contribution in [0.25, 0.3) is 5.69 Å². The van der Waals surface area contributed by atoms with Gasteiger partial charge in [-0.1, -0.05) is 6.07 Å². The predicted molar refractivity (Wildman–Crippen MR) is 95.0 cm³/mol. The summed E-state index contributed by atoms with van der Waals surface area (Å²) in [7, 11) is -1.86. The third-order valence-electron chi connectivity index (χ3n) is 4.30. The highest BCUT2D eigenvalue weighted by Gasteiger charge is 2.23. The Morgan fingerprint density at radius 2 is 1.96 bits per heavy atom. The molecule has 1 aromatic carbocycles. The van der Waals surface area contributed by atoms with Crippen LogP contribution in [0, 0.1) is 13.8 Å². The zero-order valence-corrected chi connectivity index (χ0v) is 15.4. The van der Waals surface area contributed by atoms with Crippen LogP contribution in [0.5, 0.6) is 0 Å². The first-order valence-electron chi connectivity index (χ1n) is 7.91. The van der Waals surface area contributed by atoms with Gasteiger partial charge in [0.1, 0.15) is 0 Å². The Morgan fingerprint density at radius 1 is 1.20 bits per heavy atom. The molecule has 0 radical (unpaired) electrons. The molecule has 8 heteroatoms. The number of aryl methyl sites for hydroxylation is 2. The van der Waals surface area contributed by atoms with Crippen molar-refractivity contribution in [1.29, 1.82) is 0 Å². The van der Waals surface area contributed by atoms with Crippen LogP contribution in [-0.2, 0) is 17.1 Å². The summed E-state index contributed by atoms with van der Waals surface area (Å²) < 4.78 is 31.9. The first-order chi connectivity index (χ1) is 11.8. The third kappa shape index (κ3) is 3.35. The van der Waals surface area contributed by atoms with Crippen molar-refractivity contribution in [3.8, 4) is 5.69 Å². The number of nitrogens with zero attached hydrogens (tertiary/aromatic N) is 4. The van der Waals surface area contributed by atoms with Gasteiger partial charge in [0.25, 0.3) is 0 Å².